The summed E-state index contributed by atoms with van der Waals surface area (Å²) < 4.78 is 0. The van der Waals surface area contributed by atoms with Crippen LogP contribution in [0.3, 0.4) is 0 Å². The number of carboxylic acid groups (broad SMARTS) is 1. The van der Waals surface area contributed by atoms with E-state index < -0.39 is 11.9 Å². The lowest BCUT2D eigenvalue weighted by Crippen LogP contribution is -2.31. The predicted octanol–water partition coefficient (Wildman–Crippen LogP) is 2.33. The van der Waals surface area contributed by atoms with Gasteiger partial charge in [0.1, 0.15) is 0 Å². The van der Waals surface area contributed by atoms with Crippen molar-refractivity contribution in [3.8, 4) is 0 Å². The summed E-state index contributed by atoms with van der Waals surface area (Å²) in [5, 5.41) is 8.91. The number of amides is 1. The molecule has 4 atom stereocenters. The van der Waals surface area contributed by atoms with E-state index >= 15 is 0 Å². The summed E-state index contributed by atoms with van der Waals surface area (Å²) in [6.07, 6.45) is 5.90. The molecule has 2 aliphatic rings. The van der Waals surface area contributed by atoms with Gasteiger partial charge in [-0.25, -0.2) is 0 Å². The lowest BCUT2D eigenvalue weighted by molar-refractivity contribution is -0.141. The second-order valence-electron chi connectivity index (χ2n) is 7.58. The third-order valence-corrected chi connectivity index (χ3v) is 5.53. The van der Waals surface area contributed by atoms with Crippen LogP contribution in [0, 0.1) is 11.8 Å². The summed E-state index contributed by atoms with van der Waals surface area (Å²) in [6, 6.07) is 11.4. The fraction of sp³-hybridized carbons (Fsp3) is 0.600. The van der Waals surface area contributed by atoms with Crippen molar-refractivity contribution >= 4 is 11.9 Å². The third-order valence-electron chi connectivity index (χ3n) is 5.53. The van der Waals surface area contributed by atoms with Crippen molar-refractivity contribution in [2.24, 2.45) is 11.8 Å². The van der Waals surface area contributed by atoms with Crippen LogP contribution in [0.15, 0.2) is 30.3 Å². The number of hydrogen-bond acceptors (Lipinski definition) is 4. The fourth-order valence-corrected chi connectivity index (χ4v) is 3.77. The number of unbranched alkanes of at least 4 members (excludes halogenated alkanes) is 2. The first-order valence-electron chi connectivity index (χ1n) is 9.60. The molecule has 1 aromatic carbocycles. The molecular formula is C20H29N3O3. The molecule has 1 heterocycles. The topological polar surface area (TPSA) is 81.7 Å². The van der Waals surface area contributed by atoms with Crippen LogP contribution < -0.4 is 10.9 Å². The fourth-order valence-electron chi connectivity index (χ4n) is 3.77. The molecule has 1 aliphatic heterocycles. The summed E-state index contributed by atoms with van der Waals surface area (Å²) >= 11 is 0. The van der Waals surface area contributed by atoms with Gasteiger partial charge in [0.15, 0.2) is 0 Å². The molecule has 0 bridgehead atoms. The van der Waals surface area contributed by atoms with Crippen molar-refractivity contribution in [1.29, 1.82) is 0 Å². The van der Waals surface area contributed by atoms with Gasteiger partial charge >= 0.3 is 5.97 Å². The predicted molar refractivity (Wildman–Crippen MR) is 99.2 cm³/mol. The van der Waals surface area contributed by atoms with Crippen LogP contribution in [0.1, 0.15) is 50.1 Å². The molecule has 6 heteroatoms. The van der Waals surface area contributed by atoms with E-state index in [-0.39, 0.29) is 11.8 Å². The van der Waals surface area contributed by atoms with Gasteiger partial charge in [0, 0.05) is 25.7 Å². The Hall–Kier alpha value is -1.92. The number of benzene rings is 1. The van der Waals surface area contributed by atoms with Crippen LogP contribution in [0.5, 0.6) is 0 Å². The summed E-state index contributed by atoms with van der Waals surface area (Å²) in [5.41, 5.74) is 8.09. The minimum atomic E-state index is -0.844. The van der Waals surface area contributed by atoms with Crippen molar-refractivity contribution in [2.45, 2.75) is 50.6 Å². The molecule has 3 rings (SSSR count). The smallest absolute Gasteiger partial charge is 0.307 e. The van der Waals surface area contributed by atoms with Gasteiger partial charge in [-0.05, 0) is 31.2 Å². The number of carboxylic acids is 1. The van der Waals surface area contributed by atoms with E-state index in [1.165, 1.54) is 5.56 Å². The highest BCUT2D eigenvalue weighted by Crippen LogP contribution is 2.39. The second-order valence-corrected chi connectivity index (χ2v) is 7.58. The Balaban J connectivity index is 1.27. The molecule has 1 saturated carbocycles. The van der Waals surface area contributed by atoms with Crippen molar-refractivity contribution in [3.05, 3.63) is 35.9 Å². The molecule has 1 saturated heterocycles. The van der Waals surface area contributed by atoms with Crippen LogP contribution >= 0.6 is 0 Å². The summed E-state index contributed by atoms with van der Waals surface area (Å²) in [6.45, 7) is 0.713. The van der Waals surface area contributed by atoms with Gasteiger partial charge < -0.3 is 10.0 Å². The first kappa shape index (κ1) is 18.9. The molecule has 4 unspecified atom stereocenters. The maximum absolute atomic E-state index is 12.1. The Kier molecular flexibility index (Phi) is 6.27. The minimum Gasteiger partial charge on any atom is -0.481 e. The Morgan fingerprint density at radius 2 is 1.85 bits per heavy atom. The number of aliphatic carboxylic acids is 1. The summed E-state index contributed by atoms with van der Waals surface area (Å²) in [5.74, 6) is -1.60. The number of hydrogen-bond donors (Lipinski definition) is 3. The zero-order valence-corrected chi connectivity index (χ0v) is 15.4. The number of carbonyl (C=O) groups excluding carboxylic acids is 1. The van der Waals surface area contributed by atoms with E-state index in [4.69, 9.17) is 5.11 Å². The molecular weight excluding hydrogens is 330 g/mol. The Morgan fingerprint density at radius 3 is 2.54 bits per heavy atom. The van der Waals surface area contributed by atoms with Crippen molar-refractivity contribution in [1.82, 2.24) is 15.8 Å². The van der Waals surface area contributed by atoms with Gasteiger partial charge in [0.05, 0.1) is 11.8 Å². The zero-order chi connectivity index (χ0) is 18.5. The lowest BCUT2D eigenvalue weighted by atomic mass is 9.99. The molecule has 0 aromatic heterocycles. The standard InChI is InChI=1S/C20H29N3O3/c1-23(19(24)16-13-17(16)20(25)26)11-7-3-6-10-15-12-18(22-21-15)14-8-4-2-5-9-14/h2,4-5,8-9,15-18,21-22H,3,6-7,10-13H2,1H3,(H,25,26). The van der Waals surface area contributed by atoms with Crippen molar-refractivity contribution < 1.29 is 14.7 Å². The summed E-state index contributed by atoms with van der Waals surface area (Å²) in [4.78, 5) is 24.7. The highest BCUT2D eigenvalue weighted by atomic mass is 16.4. The van der Waals surface area contributed by atoms with Gasteiger partial charge in [-0.3, -0.25) is 20.4 Å². The molecule has 1 aromatic rings. The van der Waals surface area contributed by atoms with Crippen LogP contribution in [-0.2, 0) is 9.59 Å². The normalized spacial score (nSPS) is 27.3. The van der Waals surface area contributed by atoms with Gasteiger partial charge in [-0.15, -0.1) is 0 Å². The number of hydrazine groups is 1. The Morgan fingerprint density at radius 1 is 1.08 bits per heavy atom. The maximum Gasteiger partial charge on any atom is 0.307 e. The average Bonchev–Trinajstić information content (AvgIpc) is 3.32. The Labute approximate surface area is 154 Å². The number of carbonyl (C=O) groups is 2. The highest BCUT2D eigenvalue weighted by Gasteiger charge is 2.49. The number of nitrogens with zero attached hydrogens (tertiary/aromatic N) is 1. The Bertz CT molecular complexity index is 622. The first-order chi connectivity index (χ1) is 12.6. The van der Waals surface area contributed by atoms with Gasteiger partial charge in [-0.1, -0.05) is 43.2 Å². The third kappa shape index (κ3) is 4.83. The van der Waals surface area contributed by atoms with E-state index in [0.29, 0.717) is 25.0 Å². The molecule has 26 heavy (non-hydrogen) atoms. The van der Waals surface area contributed by atoms with Gasteiger partial charge in [0.2, 0.25) is 5.91 Å². The molecule has 142 valence electrons. The highest BCUT2D eigenvalue weighted by molar-refractivity contribution is 5.89. The molecule has 0 spiro atoms. The van der Waals surface area contributed by atoms with E-state index in [0.717, 1.165) is 32.1 Å². The van der Waals surface area contributed by atoms with Crippen molar-refractivity contribution in [2.75, 3.05) is 13.6 Å². The molecule has 6 nitrogen and oxygen atoms in total. The summed E-state index contributed by atoms with van der Waals surface area (Å²) in [7, 11) is 1.78. The molecule has 1 amide bonds. The van der Waals surface area contributed by atoms with E-state index in [1.807, 2.05) is 6.07 Å². The van der Waals surface area contributed by atoms with E-state index in [9.17, 15) is 9.59 Å². The number of nitrogens with one attached hydrogen (secondary N) is 2. The quantitative estimate of drug-likeness (QED) is 0.590. The largest absolute Gasteiger partial charge is 0.481 e. The second kappa shape index (κ2) is 8.64. The average molecular weight is 359 g/mol. The maximum atomic E-state index is 12.1. The van der Waals surface area contributed by atoms with Crippen LogP contribution in [-0.4, -0.2) is 41.5 Å². The van der Waals surface area contributed by atoms with E-state index in [2.05, 4.69) is 35.1 Å². The SMILES string of the molecule is CN(CCCCCC1CC(c2ccccc2)NN1)C(=O)C1CC1C(=O)O. The monoisotopic (exact) mass is 359 g/mol. The molecule has 1 aliphatic carbocycles. The molecule has 0 radical (unpaired) electrons. The zero-order valence-electron chi connectivity index (χ0n) is 15.4. The van der Waals surface area contributed by atoms with Gasteiger partial charge in [-0.2, -0.15) is 0 Å². The first-order valence-corrected chi connectivity index (χ1v) is 9.60. The lowest BCUT2D eigenvalue weighted by Gasteiger charge is -2.17. The van der Waals surface area contributed by atoms with Crippen LogP contribution in [0.25, 0.3) is 0 Å². The molecule has 2 fully saturated rings. The van der Waals surface area contributed by atoms with Gasteiger partial charge in [0.25, 0.3) is 0 Å². The van der Waals surface area contributed by atoms with Crippen LogP contribution in [0.2, 0.25) is 0 Å². The van der Waals surface area contributed by atoms with Crippen molar-refractivity contribution in [3.63, 3.8) is 0 Å². The molecule has 3 N–H and O–H groups in total. The van der Waals surface area contributed by atoms with Crippen LogP contribution in [0.4, 0.5) is 0 Å². The minimum absolute atomic E-state index is 0.00948. The van der Waals surface area contributed by atoms with E-state index in [1.54, 1.807) is 11.9 Å². The number of rotatable bonds is 9.